The van der Waals surface area contributed by atoms with Crippen LogP contribution in [0.4, 0.5) is 11.4 Å². The molecule has 0 spiro atoms. The molecule has 0 aliphatic carbocycles. The van der Waals surface area contributed by atoms with Gasteiger partial charge in [0.1, 0.15) is 11.9 Å². The van der Waals surface area contributed by atoms with Crippen molar-refractivity contribution in [3.63, 3.8) is 0 Å². The van der Waals surface area contributed by atoms with Crippen molar-refractivity contribution in [2.75, 3.05) is 11.6 Å². The molecule has 0 aromatic heterocycles. The molecule has 1 heterocycles. The number of quaternary nitrogens is 1. The minimum atomic E-state index is 0. The van der Waals surface area contributed by atoms with Crippen LogP contribution in [-0.2, 0) is 0 Å². The average molecular weight is 472 g/mol. The van der Waals surface area contributed by atoms with Gasteiger partial charge in [0.2, 0.25) is 0 Å². The fourth-order valence-electron chi connectivity index (χ4n) is 4.55. The van der Waals surface area contributed by atoms with Gasteiger partial charge in [0.15, 0.2) is 6.67 Å². The second-order valence-corrected chi connectivity index (χ2v) is 9.68. The zero-order chi connectivity index (χ0) is 21.3. The Labute approximate surface area is 194 Å². The van der Waals surface area contributed by atoms with Crippen LogP contribution in [0.25, 0.3) is 0 Å². The maximum atomic E-state index is 2.49. The molecule has 0 saturated carbocycles. The lowest BCUT2D eigenvalue weighted by atomic mass is 9.91. The summed E-state index contributed by atoms with van der Waals surface area (Å²) >= 11 is 0. The van der Waals surface area contributed by atoms with Gasteiger partial charge in [-0.3, -0.25) is 9.80 Å². The Morgan fingerprint density at radius 3 is 1.47 bits per heavy atom. The molecule has 1 unspecified atom stereocenters. The normalized spacial score (nSPS) is 16.3. The van der Waals surface area contributed by atoms with E-state index in [0.717, 1.165) is 6.67 Å². The summed E-state index contributed by atoms with van der Waals surface area (Å²) in [4.78, 5) is 3.94. The van der Waals surface area contributed by atoms with E-state index in [4.69, 9.17) is 0 Å². The van der Waals surface area contributed by atoms with Crippen molar-refractivity contribution in [3.05, 3.63) is 71.1 Å². The molecule has 164 valence electrons. The lowest BCUT2D eigenvalue weighted by Gasteiger charge is -2.27. The number of halogens is 1. The van der Waals surface area contributed by atoms with Crippen molar-refractivity contribution >= 4 is 11.4 Å². The van der Waals surface area contributed by atoms with Gasteiger partial charge in [0, 0.05) is 11.1 Å². The predicted molar refractivity (Wildman–Crippen MR) is 126 cm³/mol. The van der Waals surface area contributed by atoms with Crippen molar-refractivity contribution < 1.29 is 21.9 Å². The molecule has 0 saturated heterocycles. The Morgan fingerprint density at radius 1 is 0.667 bits per heavy atom. The van der Waals surface area contributed by atoms with Gasteiger partial charge in [-0.05, 0) is 34.8 Å². The first-order valence-electron chi connectivity index (χ1n) is 11.3. The van der Waals surface area contributed by atoms with Crippen molar-refractivity contribution in [2.45, 2.75) is 79.1 Å². The number of hydrogen-bond donors (Lipinski definition) is 1. The van der Waals surface area contributed by atoms with Crippen LogP contribution >= 0.6 is 0 Å². The molecule has 1 aliphatic rings. The number of benzene rings is 2. The van der Waals surface area contributed by atoms with Crippen LogP contribution in [0.2, 0.25) is 0 Å². The highest BCUT2D eigenvalue weighted by atomic mass is 79.9. The molecule has 0 amide bonds. The SMILES string of the molecule is CC(C)c1cccc(C(C)C)c1N1C=C[NH+](c2c(C(C)C)cccc2C(C)C)C1.[Br-]. The van der Waals surface area contributed by atoms with Gasteiger partial charge >= 0.3 is 0 Å². The van der Waals surface area contributed by atoms with Crippen LogP contribution in [-0.4, -0.2) is 6.67 Å². The van der Waals surface area contributed by atoms with Crippen LogP contribution in [0, 0.1) is 0 Å². The van der Waals surface area contributed by atoms with Gasteiger partial charge in [0.05, 0.1) is 11.9 Å². The number of rotatable bonds is 6. The molecule has 1 atom stereocenters. The molecule has 2 aromatic carbocycles. The third-order valence-corrected chi connectivity index (χ3v) is 6.12. The van der Waals surface area contributed by atoms with Gasteiger partial charge < -0.3 is 17.0 Å². The summed E-state index contributed by atoms with van der Waals surface area (Å²) in [6.45, 7) is 19.4. The highest BCUT2D eigenvalue weighted by molar-refractivity contribution is 5.64. The van der Waals surface area contributed by atoms with E-state index in [0.29, 0.717) is 23.7 Å². The number of nitrogens with zero attached hydrogens (tertiary/aromatic N) is 1. The van der Waals surface area contributed by atoms with Gasteiger partial charge in [-0.15, -0.1) is 0 Å². The zero-order valence-corrected chi connectivity index (χ0v) is 21.5. The summed E-state index contributed by atoms with van der Waals surface area (Å²) in [6, 6.07) is 13.7. The Morgan fingerprint density at radius 2 is 1.07 bits per heavy atom. The molecular formula is C27H39BrN2. The van der Waals surface area contributed by atoms with Crippen molar-refractivity contribution in [1.29, 1.82) is 0 Å². The monoisotopic (exact) mass is 470 g/mol. The number of hydrogen-bond acceptors (Lipinski definition) is 1. The minimum absolute atomic E-state index is 0. The van der Waals surface area contributed by atoms with E-state index in [9.17, 15) is 0 Å². The Balaban J connectivity index is 0.00000320. The van der Waals surface area contributed by atoms with Crippen LogP contribution in [0.3, 0.4) is 0 Å². The Kier molecular flexibility index (Phi) is 8.35. The summed E-state index contributed by atoms with van der Waals surface area (Å²) in [6.07, 6.45) is 4.66. The first-order valence-corrected chi connectivity index (χ1v) is 11.3. The van der Waals surface area contributed by atoms with E-state index < -0.39 is 0 Å². The molecule has 1 N–H and O–H groups in total. The fraction of sp³-hybridized carbons (Fsp3) is 0.481. The van der Waals surface area contributed by atoms with E-state index >= 15 is 0 Å². The molecule has 30 heavy (non-hydrogen) atoms. The fourth-order valence-corrected chi connectivity index (χ4v) is 4.55. The van der Waals surface area contributed by atoms with Crippen LogP contribution in [0.15, 0.2) is 48.8 Å². The summed E-state index contributed by atoms with van der Waals surface area (Å²) in [7, 11) is 0. The topological polar surface area (TPSA) is 7.68 Å². The van der Waals surface area contributed by atoms with Gasteiger partial charge in [-0.1, -0.05) is 91.8 Å². The largest absolute Gasteiger partial charge is 1.00 e. The van der Waals surface area contributed by atoms with E-state index in [2.05, 4.69) is 109 Å². The lowest BCUT2D eigenvalue weighted by molar-refractivity contribution is -0.768. The van der Waals surface area contributed by atoms with Crippen LogP contribution in [0.1, 0.15) is 101 Å². The summed E-state index contributed by atoms with van der Waals surface area (Å²) in [5.41, 5.74) is 8.73. The summed E-state index contributed by atoms with van der Waals surface area (Å²) < 4.78 is 0. The molecule has 2 nitrogen and oxygen atoms in total. The van der Waals surface area contributed by atoms with Gasteiger partial charge in [0.25, 0.3) is 0 Å². The van der Waals surface area contributed by atoms with Crippen molar-refractivity contribution in [3.8, 4) is 0 Å². The Hall–Kier alpha value is -1.58. The molecule has 0 bridgehead atoms. The van der Waals surface area contributed by atoms with Crippen molar-refractivity contribution in [2.24, 2.45) is 0 Å². The maximum Gasteiger partial charge on any atom is 0.166 e. The van der Waals surface area contributed by atoms with E-state index in [1.807, 2.05) is 0 Å². The smallest absolute Gasteiger partial charge is 0.166 e. The van der Waals surface area contributed by atoms with E-state index in [1.165, 1.54) is 38.5 Å². The highest BCUT2D eigenvalue weighted by Crippen LogP contribution is 2.36. The number of para-hydroxylation sites is 2. The van der Waals surface area contributed by atoms with Crippen LogP contribution in [0.5, 0.6) is 0 Å². The van der Waals surface area contributed by atoms with Gasteiger partial charge in [-0.2, -0.15) is 0 Å². The van der Waals surface area contributed by atoms with Crippen LogP contribution < -0.4 is 26.8 Å². The average Bonchev–Trinajstić information content (AvgIpc) is 3.15. The third kappa shape index (κ3) is 4.84. The van der Waals surface area contributed by atoms with E-state index in [-0.39, 0.29) is 17.0 Å². The predicted octanol–water partition coefficient (Wildman–Crippen LogP) is 3.65. The standard InChI is InChI=1S/C27H38N2.BrH/c1-18(2)22-11-9-12-23(19(3)4)26(22)28-15-16-29(17-28)27-24(20(5)6)13-10-14-25(27)21(7)8;/h9-16,18-21H,17H2,1-8H3;1H. The van der Waals surface area contributed by atoms with Gasteiger partial charge in [-0.25, -0.2) is 0 Å². The molecule has 3 heteroatoms. The van der Waals surface area contributed by atoms with E-state index in [1.54, 1.807) is 0 Å². The third-order valence-electron chi connectivity index (χ3n) is 6.12. The first kappa shape index (κ1) is 24.7. The first-order chi connectivity index (χ1) is 13.7. The van der Waals surface area contributed by atoms with Crippen molar-refractivity contribution in [1.82, 2.24) is 0 Å². The maximum absolute atomic E-state index is 2.49. The molecule has 2 aromatic rings. The lowest BCUT2D eigenvalue weighted by Crippen LogP contribution is -3.02. The molecule has 0 radical (unpaired) electrons. The molecular weight excluding hydrogens is 432 g/mol. The molecule has 3 rings (SSSR count). The highest BCUT2D eigenvalue weighted by Gasteiger charge is 2.30. The summed E-state index contributed by atoms with van der Waals surface area (Å²) in [5.74, 6) is 2.06. The second-order valence-electron chi connectivity index (χ2n) is 9.68. The molecule has 1 aliphatic heterocycles. The second kappa shape index (κ2) is 10.2. The molecule has 0 fully saturated rings. The number of nitrogens with one attached hydrogen (secondary N) is 1. The minimum Gasteiger partial charge on any atom is -1.00 e. The quantitative estimate of drug-likeness (QED) is 0.676. The Bertz CT molecular complexity index is 756. The summed E-state index contributed by atoms with van der Waals surface area (Å²) in [5, 5.41) is 0. The number of anilines is 1. The zero-order valence-electron chi connectivity index (χ0n) is 20.0.